The number of anilines is 1. The maximum Gasteiger partial charge on any atom is 0.251 e. The van der Waals surface area contributed by atoms with E-state index < -0.39 is 0 Å². The van der Waals surface area contributed by atoms with E-state index in [0.29, 0.717) is 17.3 Å². The number of aromatic nitrogens is 2. The summed E-state index contributed by atoms with van der Waals surface area (Å²) in [6.45, 7) is 2.59. The van der Waals surface area contributed by atoms with Crippen LogP contribution in [0.5, 0.6) is 0 Å². The van der Waals surface area contributed by atoms with Gasteiger partial charge in [-0.15, -0.1) is 11.3 Å². The summed E-state index contributed by atoms with van der Waals surface area (Å²) in [4.78, 5) is 30.5. The number of carbonyl (C=O) groups excluding carboxylic acids is 2. The zero-order chi connectivity index (χ0) is 23.0. The van der Waals surface area contributed by atoms with Crippen LogP contribution in [0.1, 0.15) is 27.7 Å². The summed E-state index contributed by atoms with van der Waals surface area (Å²) in [5, 5.41) is 8.56. The molecular weight excluding hydrogens is 452 g/mol. The highest BCUT2D eigenvalue weighted by molar-refractivity contribution is 7.99. The molecular formula is C25H24N4O2S2. The van der Waals surface area contributed by atoms with Crippen molar-refractivity contribution in [2.24, 2.45) is 0 Å². The number of thiophene rings is 1. The molecule has 6 nitrogen and oxygen atoms in total. The highest BCUT2D eigenvalue weighted by Crippen LogP contribution is 2.22. The molecule has 0 radical (unpaired) electrons. The molecule has 0 spiro atoms. The second kappa shape index (κ2) is 11.0. The van der Waals surface area contributed by atoms with Crippen LogP contribution in [0.4, 0.5) is 5.69 Å². The van der Waals surface area contributed by atoms with Crippen molar-refractivity contribution in [1.82, 2.24) is 14.9 Å². The van der Waals surface area contributed by atoms with Gasteiger partial charge in [0.05, 0.1) is 12.3 Å². The standard InChI is InChI=1S/C25H24N4O2S2/c1-2-18-6-3-8-20(14-18)28-23(30)17-33-25-26-11-12-29(25)21-9-4-7-19(15-21)24(31)27-16-22-10-5-13-32-22/h3-15H,2,16-17H2,1H3,(H,27,31)(H,28,30). The van der Waals surface area contributed by atoms with Crippen LogP contribution in [-0.4, -0.2) is 27.1 Å². The third kappa shape index (κ3) is 6.12. The van der Waals surface area contributed by atoms with E-state index in [1.165, 1.54) is 17.3 Å². The van der Waals surface area contributed by atoms with Gasteiger partial charge in [0.2, 0.25) is 5.91 Å². The molecule has 0 saturated carbocycles. The van der Waals surface area contributed by atoms with E-state index in [9.17, 15) is 9.59 Å². The average molecular weight is 477 g/mol. The van der Waals surface area contributed by atoms with Crippen LogP contribution in [0.25, 0.3) is 5.69 Å². The van der Waals surface area contributed by atoms with Crippen molar-refractivity contribution in [1.29, 1.82) is 0 Å². The Morgan fingerprint density at radius 3 is 2.79 bits per heavy atom. The third-order valence-electron chi connectivity index (χ3n) is 4.95. The van der Waals surface area contributed by atoms with Crippen LogP contribution in [-0.2, 0) is 17.8 Å². The van der Waals surface area contributed by atoms with E-state index in [2.05, 4.69) is 22.5 Å². The fraction of sp³-hybridized carbons (Fsp3) is 0.160. The second-order valence-corrected chi connectivity index (χ2v) is 9.26. The first-order valence-electron chi connectivity index (χ1n) is 10.6. The quantitative estimate of drug-likeness (QED) is 0.327. The molecule has 0 unspecified atom stereocenters. The minimum Gasteiger partial charge on any atom is -0.347 e. The SMILES string of the molecule is CCc1cccc(NC(=O)CSc2nccn2-c2cccc(C(=O)NCc3cccs3)c2)c1. The van der Waals surface area contributed by atoms with Gasteiger partial charge in [0.1, 0.15) is 0 Å². The Hall–Kier alpha value is -3.36. The zero-order valence-corrected chi connectivity index (χ0v) is 19.8. The number of aryl methyl sites for hydroxylation is 1. The fourth-order valence-corrected chi connectivity index (χ4v) is 4.69. The van der Waals surface area contributed by atoms with Crippen LogP contribution in [0.3, 0.4) is 0 Å². The fourth-order valence-electron chi connectivity index (χ4n) is 3.27. The molecule has 0 bridgehead atoms. The number of imidazole rings is 1. The van der Waals surface area contributed by atoms with Crippen LogP contribution >= 0.6 is 23.1 Å². The third-order valence-corrected chi connectivity index (χ3v) is 6.79. The number of hydrogen-bond acceptors (Lipinski definition) is 5. The molecule has 8 heteroatoms. The molecule has 2 heterocycles. The summed E-state index contributed by atoms with van der Waals surface area (Å²) < 4.78 is 1.88. The Bertz CT molecular complexity index is 1230. The number of benzene rings is 2. The van der Waals surface area contributed by atoms with Crippen LogP contribution in [0, 0.1) is 0 Å². The summed E-state index contributed by atoms with van der Waals surface area (Å²) in [7, 11) is 0. The van der Waals surface area contributed by atoms with Crippen LogP contribution < -0.4 is 10.6 Å². The monoisotopic (exact) mass is 476 g/mol. The van der Waals surface area contributed by atoms with Gasteiger partial charge in [-0.2, -0.15) is 0 Å². The Morgan fingerprint density at radius 1 is 1.09 bits per heavy atom. The van der Waals surface area contributed by atoms with E-state index in [0.717, 1.165) is 22.7 Å². The van der Waals surface area contributed by atoms with Crippen molar-refractivity contribution in [3.8, 4) is 5.69 Å². The van der Waals surface area contributed by atoms with Crippen molar-refractivity contribution < 1.29 is 9.59 Å². The van der Waals surface area contributed by atoms with Crippen molar-refractivity contribution in [3.05, 3.63) is 94.4 Å². The van der Waals surface area contributed by atoms with Gasteiger partial charge in [-0.3, -0.25) is 14.2 Å². The topological polar surface area (TPSA) is 76.0 Å². The van der Waals surface area contributed by atoms with Gasteiger partial charge in [-0.25, -0.2) is 4.98 Å². The highest BCUT2D eigenvalue weighted by atomic mass is 32.2. The van der Waals surface area contributed by atoms with E-state index in [1.807, 2.05) is 70.7 Å². The molecule has 2 aromatic carbocycles. The van der Waals surface area contributed by atoms with Crippen molar-refractivity contribution in [3.63, 3.8) is 0 Å². The van der Waals surface area contributed by atoms with Gasteiger partial charge in [0.15, 0.2) is 5.16 Å². The van der Waals surface area contributed by atoms with Gasteiger partial charge >= 0.3 is 0 Å². The number of thioether (sulfide) groups is 1. The molecule has 0 atom stereocenters. The Morgan fingerprint density at radius 2 is 1.97 bits per heavy atom. The molecule has 0 aliphatic rings. The van der Waals surface area contributed by atoms with E-state index in [4.69, 9.17) is 0 Å². The lowest BCUT2D eigenvalue weighted by Gasteiger charge is -2.10. The number of amides is 2. The summed E-state index contributed by atoms with van der Waals surface area (Å²) in [5.41, 5.74) is 3.36. The molecule has 33 heavy (non-hydrogen) atoms. The molecule has 0 saturated heterocycles. The number of carbonyl (C=O) groups is 2. The summed E-state index contributed by atoms with van der Waals surface area (Å²) >= 11 is 2.96. The molecule has 0 aliphatic heterocycles. The number of nitrogens with one attached hydrogen (secondary N) is 2. The van der Waals surface area contributed by atoms with Gasteiger partial charge in [-0.05, 0) is 53.8 Å². The lowest BCUT2D eigenvalue weighted by molar-refractivity contribution is -0.113. The van der Waals surface area contributed by atoms with Gasteiger partial charge in [0, 0.05) is 34.2 Å². The molecule has 4 aromatic rings. The van der Waals surface area contributed by atoms with Crippen molar-refractivity contribution >= 4 is 40.6 Å². The maximum absolute atomic E-state index is 12.6. The average Bonchev–Trinajstić information content (AvgIpc) is 3.53. The molecule has 2 aromatic heterocycles. The van der Waals surface area contributed by atoms with Gasteiger partial charge in [-0.1, -0.05) is 43.0 Å². The predicted molar refractivity (Wildman–Crippen MR) is 134 cm³/mol. The summed E-state index contributed by atoms with van der Waals surface area (Å²) in [5.74, 6) is 0.00622. The molecule has 2 N–H and O–H groups in total. The molecule has 0 fully saturated rings. The normalized spacial score (nSPS) is 10.7. The molecule has 4 rings (SSSR count). The zero-order valence-electron chi connectivity index (χ0n) is 18.2. The van der Waals surface area contributed by atoms with E-state index in [1.54, 1.807) is 23.6 Å². The van der Waals surface area contributed by atoms with Crippen LogP contribution in [0.15, 0.2) is 83.6 Å². The Labute approximate surface area is 201 Å². The molecule has 168 valence electrons. The number of nitrogens with zero attached hydrogens (tertiary/aromatic N) is 2. The second-order valence-electron chi connectivity index (χ2n) is 7.28. The largest absolute Gasteiger partial charge is 0.347 e. The minimum atomic E-state index is -0.131. The van der Waals surface area contributed by atoms with E-state index in [-0.39, 0.29) is 17.6 Å². The minimum absolute atomic E-state index is 0.0930. The Balaban J connectivity index is 1.39. The molecule has 0 aliphatic carbocycles. The number of hydrogen-bond donors (Lipinski definition) is 2. The lowest BCUT2D eigenvalue weighted by atomic mass is 10.1. The number of rotatable bonds is 9. The van der Waals surface area contributed by atoms with Crippen molar-refractivity contribution in [2.45, 2.75) is 25.0 Å². The Kier molecular flexibility index (Phi) is 7.59. The first-order chi connectivity index (χ1) is 16.1. The highest BCUT2D eigenvalue weighted by Gasteiger charge is 2.12. The first-order valence-corrected chi connectivity index (χ1v) is 12.4. The van der Waals surface area contributed by atoms with E-state index >= 15 is 0 Å². The first kappa shape index (κ1) is 22.8. The van der Waals surface area contributed by atoms with Gasteiger partial charge < -0.3 is 10.6 Å². The lowest BCUT2D eigenvalue weighted by Crippen LogP contribution is -2.22. The summed E-state index contributed by atoms with van der Waals surface area (Å²) in [6.07, 6.45) is 4.43. The molecule has 2 amide bonds. The van der Waals surface area contributed by atoms with Gasteiger partial charge in [0.25, 0.3) is 5.91 Å². The summed E-state index contributed by atoms with van der Waals surface area (Å²) in [6, 6.07) is 19.2. The maximum atomic E-state index is 12.6. The van der Waals surface area contributed by atoms with Crippen molar-refractivity contribution in [2.75, 3.05) is 11.1 Å². The van der Waals surface area contributed by atoms with Crippen LogP contribution in [0.2, 0.25) is 0 Å². The smallest absolute Gasteiger partial charge is 0.251 e. The predicted octanol–water partition coefficient (Wildman–Crippen LogP) is 5.16.